The van der Waals surface area contributed by atoms with Crippen molar-refractivity contribution in [2.75, 3.05) is 6.54 Å². The lowest BCUT2D eigenvalue weighted by Crippen LogP contribution is -2.25. The zero-order valence-electron chi connectivity index (χ0n) is 17.7. The molecule has 4 rings (SSSR count). The van der Waals surface area contributed by atoms with E-state index in [1.807, 2.05) is 24.3 Å². The molecule has 0 fully saturated rings. The maximum atomic E-state index is 13.7. The third-order valence-corrected chi connectivity index (χ3v) is 5.47. The fraction of sp³-hybridized carbons (Fsp3) is 0.231. The normalized spacial score (nSPS) is 11.1. The first kappa shape index (κ1) is 21.7. The Morgan fingerprint density at radius 1 is 0.875 bits per heavy atom. The monoisotopic (exact) mass is 433 g/mol. The van der Waals surface area contributed by atoms with Crippen LogP contribution in [0.15, 0.2) is 72.8 Å². The Morgan fingerprint density at radius 3 is 2.44 bits per heavy atom. The van der Waals surface area contributed by atoms with Gasteiger partial charge >= 0.3 is 0 Å². The van der Waals surface area contributed by atoms with E-state index >= 15 is 0 Å². The van der Waals surface area contributed by atoms with Crippen molar-refractivity contribution in [3.05, 3.63) is 101 Å². The average Bonchev–Trinajstić information content (AvgIpc) is 3.15. The quantitative estimate of drug-likeness (QED) is 0.354. The molecule has 4 nitrogen and oxygen atoms in total. The number of hydrogen-bond acceptors (Lipinski definition) is 2. The number of benzene rings is 3. The first-order chi connectivity index (χ1) is 15.6. The van der Waals surface area contributed by atoms with Crippen molar-refractivity contribution < 1.29 is 13.6 Å². The van der Waals surface area contributed by atoms with Crippen LogP contribution in [0.4, 0.5) is 8.78 Å². The highest BCUT2D eigenvalue weighted by Crippen LogP contribution is 2.20. The van der Waals surface area contributed by atoms with Crippen molar-refractivity contribution in [3.8, 4) is 0 Å². The van der Waals surface area contributed by atoms with Gasteiger partial charge in [-0.3, -0.25) is 4.79 Å². The molecule has 4 aromatic rings. The van der Waals surface area contributed by atoms with Crippen LogP contribution in [0.2, 0.25) is 0 Å². The predicted octanol–water partition coefficient (Wildman–Crippen LogP) is 5.51. The molecular formula is C26H25F2N3O. The highest BCUT2D eigenvalue weighted by atomic mass is 19.1. The van der Waals surface area contributed by atoms with Crippen LogP contribution in [0.25, 0.3) is 11.0 Å². The molecule has 1 amide bonds. The van der Waals surface area contributed by atoms with Crippen LogP contribution in [0.5, 0.6) is 0 Å². The first-order valence-corrected chi connectivity index (χ1v) is 10.8. The minimum absolute atomic E-state index is 0.0713. The van der Waals surface area contributed by atoms with E-state index in [1.165, 1.54) is 24.3 Å². The Labute approximate surface area is 185 Å². The number of aryl methyl sites for hydroxylation is 1. The van der Waals surface area contributed by atoms with E-state index in [9.17, 15) is 13.6 Å². The molecule has 6 heteroatoms. The molecule has 164 valence electrons. The number of nitrogens with one attached hydrogen (secondary N) is 1. The van der Waals surface area contributed by atoms with Crippen LogP contribution in [0.3, 0.4) is 0 Å². The molecule has 0 aliphatic rings. The molecule has 32 heavy (non-hydrogen) atoms. The number of carbonyl (C=O) groups is 1. The van der Waals surface area contributed by atoms with E-state index in [1.54, 1.807) is 24.3 Å². The summed E-state index contributed by atoms with van der Waals surface area (Å²) in [5.41, 5.74) is 3.10. The Kier molecular flexibility index (Phi) is 6.90. The van der Waals surface area contributed by atoms with Crippen LogP contribution in [0, 0.1) is 11.6 Å². The van der Waals surface area contributed by atoms with E-state index in [0.29, 0.717) is 13.1 Å². The molecule has 0 saturated carbocycles. The molecule has 0 unspecified atom stereocenters. The molecule has 0 bridgehead atoms. The maximum Gasteiger partial charge on any atom is 0.254 e. The Morgan fingerprint density at radius 2 is 1.62 bits per heavy atom. The lowest BCUT2D eigenvalue weighted by atomic mass is 10.1. The van der Waals surface area contributed by atoms with Gasteiger partial charge in [-0.05, 0) is 54.8 Å². The smallest absolute Gasteiger partial charge is 0.254 e. The third-order valence-electron chi connectivity index (χ3n) is 5.47. The summed E-state index contributed by atoms with van der Waals surface area (Å²) in [6.45, 7) is 1.13. The molecule has 3 aromatic carbocycles. The Balaban J connectivity index is 1.32. The van der Waals surface area contributed by atoms with Crippen molar-refractivity contribution in [1.29, 1.82) is 0 Å². The number of unbranched alkanes of at least 4 members (excludes halogenated alkanes) is 2. The summed E-state index contributed by atoms with van der Waals surface area (Å²) < 4.78 is 29.1. The van der Waals surface area contributed by atoms with Crippen molar-refractivity contribution in [2.45, 2.75) is 32.2 Å². The second-order valence-electron chi connectivity index (χ2n) is 7.78. The summed E-state index contributed by atoms with van der Waals surface area (Å²) in [6, 6.07) is 20.5. The van der Waals surface area contributed by atoms with Crippen molar-refractivity contribution in [2.24, 2.45) is 0 Å². The number of aromatic nitrogens is 2. The van der Waals surface area contributed by atoms with Gasteiger partial charge in [0.25, 0.3) is 5.91 Å². The number of rotatable bonds is 9. The van der Waals surface area contributed by atoms with Gasteiger partial charge < -0.3 is 9.88 Å². The number of nitrogens with zero attached hydrogens (tertiary/aromatic N) is 2. The lowest BCUT2D eigenvalue weighted by Gasteiger charge is -2.10. The number of hydrogen-bond donors (Lipinski definition) is 1. The Hall–Kier alpha value is -3.54. The van der Waals surface area contributed by atoms with Crippen LogP contribution in [-0.4, -0.2) is 22.0 Å². The second kappa shape index (κ2) is 10.2. The van der Waals surface area contributed by atoms with Gasteiger partial charge in [0, 0.05) is 19.5 Å². The minimum atomic E-state index is -0.509. The summed E-state index contributed by atoms with van der Waals surface area (Å²) in [7, 11) is 0. The molecular weight excluding hydrogens is 408 g/mol. The number of amides is 1. The van der Waals surface area contributed by atoms with E-state index in [0.717, 1.165) is 48.1 Å². The SMILES string of the molecule is O=C(NCCCCCc1nc2ccccc2n1Cc1ccc(F)cc1)c1ccccc1F. The summed E-state index contributed by atoms with van der Waals surface area (Å²) in [5, 5.41) is 2.78. The standard InChI is InChI=1S/C26H25F2N3O/c27-20-15-13-19(14-16-20)18-31-24-11-6-5-10-23(24)30-25(31)12-2-1-7-17-29-26(32)21-8-3-4-9-22(21)28/h3-6,8-11,13-16H,1-2,7,12,17-18H2,(H,29,32). The predicted molar refractivity (Wildman–Crippen MR) is 122 cm³/mol. The number of halogens is 2. The van der Waals surface area contributed by atoms with E-state index < -0.39 is 5.82 Å². The summed E-state index contributed by atoms with van der Waals surface area (Å²) >= 11 is 0. The van der Waals surface area contributed by atoms with Crippen molar-refractivity contribution >= 4 is 16.9 Å². The van der Waals surface area contributed by atoms with Gasteiger partial charge in [0.05, 0.1) is 16.6 Å². The lowest BCUT2D eigenvalue weighted by molar-refractivity contribution is 0.0949. The van der Waals surface area contributed by atoms with Crippen LogP contribution in [0.1, 0.15) is 41.0 Å². The third kappa shape index (κ3) is 5.19. The molecule has 0 aliphatic carbocycles. The van der Waals surface area contributed by atoms with Crippen molar-refractivity contribution in [3.63, 3.8) is 0 Å². The fourth-order valence-electron chi connectivity index (χ4n) is 3.79. The summed E-state index contributed by atoms with van der Waals surface area (Å²) in [6.07, 6.45) is 3.44. The van der Waals surface area contributed by atoms with Gasteiger partial charge in [-0.2, -0.15) is 0 Å². The van der Waals surface area contributed by atoms with Gasteiger partial charge in [-0.15, -0.1) is 0 Å². The van der Waals surface area contributed by atoms with Gasteiger partial charge in [-0.1, -0.05) is 42.8 Å². The van der Waals surface area contributed by atoms with E-state index in [-0.39, 0.29) is 17.3 Å². The topological polar surface area (TPSA) is 46.9 Å². The average molecular weight is 434 g/mol. The van der Waals surface area contributed by atoms with E-state index in [2.05, 4.69) is 9.88 Å². The Bertz CT molecular complexity index is 1200. The van der Waals surface area contributed by atoms with Crippen LogP contribution in [-0.2, 0) is 13.0 Å². The fourth-order valence-corrected chi connectivity index (χ4v) is 3.79. The molecule has 0 radical (unpaired) electrons. The zero-order chi connectivity index (χ0) is 22.3. The summed E-state index contributed by atoms with van der Waals surface area (Å²) in [5.74, 6) is -0.147. The molecule has 0 aliphatic heterocycles. The molecule has 1 N–H and O–H groups in total. The number of fused-ring (bicyclic) bond motifs is 1. The second-order valence-corrected chi connectivity index (χ2v) is 7.78. The van der Waals surface area contributed by atoms with Crippen LogP contribution >= 0.6 is 0 Å². The highest BCUT2D eigenvalue weighted by Gasteiger charge is 2.12. The summed E-state index contributed by atoms with van der Waals surface area (Å²) in [4.78, 5) is 16.9. The largest absolute Gasteiger partial charge is 0.352 e. The maximum absolute atomic E-state index is 13.7. The van der Waals surface area contributed by atoms with Gasteiger partial charge in [-0.25, -0.2) is 13.8 Å². The molecule has 0 saturated heterocycles. The minimum Gasteiger partial charge on any atom is -0.352 e. The van der Waals surface area contributed by atoms with Crippen molar-refractivity contribution in [1.82, 2.24) is 14.9 Å². The highest BCUT2D eigenvalue weighted by molar-refractivity contribution is 5.94. The van der Waals surface area contributed by atoms with Gasteiger partial charge in [0.1, 0.15) is 17.5 Å². The van der Waals surface area contributed by atoms with Gasteiger partial charge in [0.15, 0.2) is 0 Å². The number of para-hydroxylation sites is 2. The molecule has 1 heterocycles. The molecule has 0 atom stereocenters. The molecule has 1 aromatic heterocycles. The van der Waals surface area contributed by atoms with E-state index in [4.69, 9.17) is 4.98 Å². The number of imidazole rings is 1. The number of carbonyl (C=O) groups excluding carboxylic acids is 1. The van der Waals surface area contributed by atoms with Gasteiger partial charge in [0.2, 0.25) is 0 Å². The molecule has 0 spiro atoms. The first-order valence-electron chi connectivity index (χ1n) is 10.8. The zero-order valence-corrected chi connectivity index (χ0v) is 17.7. The van der Waals surface area contributed by atoms with Crippen LogP contribution < -0.4 is 5.32 Å².